The highest BCUT2D eigenvalue weighted by Gasteiger charge is 2.14. The predicted molar refractivity (Wildman–Crippen MR) is 109 cm³/mol. The van der Waals surface area contributed by atoms with E-state index in [2.05, 4.69) is 22.8 Å². The molecule has 3 rings (SSSR count). The molecule has 0 aliphatic heterocycles. The summed E-state index contributed by atoms with van der Waals surface area (Å²) in [6.45, 7) is 3.33. The van der Waals surface area contributed by atoms with Crippen molar-refractivity contribution in [1.29, 1.82) is 0 Å². The van der Waals surface area contributed by atoms with Crippen LogP contribution < -0.4 is 10.6 Å². The molecule has 27 heavy (non-hydrogen) atoms. The third-order valence-electron chi connectivity index (χ3n) is 4.39. The zero-order valence-electron chi connectivity index (χ0n) is 15.5. The van der Waals surface area contributed by atoms with Crippen molar-refractivity contribution in [3.05, 3.63) is 95.1 Å². The maximum absolute atomic E-state index is 12.9. The van der Waals surface area contributed by atoms with Crippen LogP contribution in [0.1, 0.15) is 34.0 Å². The molecule has 0 fully saturated rings. The summed E-state index contributed by atoms with van der Waals surface area (Å²) in [5, 5.41) is 5.76. The van der Waals surface area contributed by atoms with Crippen molar-refractivity contribution in [2.24, 2.45) is 0 Å². The lowest BCUT2D eigenvalue weighted by Gasteiger charge is -2.14. The fourth-order valence-corrected chi connectivity index (χ4v) is 3.00. The Morgan fingerprint density at radius 2 is 1.41 bits per heavy atom. The molecule has 4 nitrogen and oxygen atoms in total. The molecule has 0 aliphatic carbocycles. The highest BCUT2D eigenvalue weighted by molar-refractivity contribution is 6.06. The summed E-state index contributed by atoms with van der Waals surface area (Å²) < 4.78 is 0. The third-order valence-corrected chi connectivity index (χ3v) is 4.39. The number of anilines is 2. The zero-order valence-corrected chi connectivity index (χ0v) is 15.5. The molecule has 0 heterocycles. The lowest BCUT2D eigenvalue weighted by Crippen LogP contribution is -2.16. The van der Waals surface area contributed by atoms with Gasteiger partial charge in [0.05, 0.1) is 0 Å². The lowest BCUT2D eigenvalue weighted by molar-refractivity contribution is -0.114. The number of rotatable bonds is 5. The monoisotopic (exact) mass is 358 g/mol. The van der Waals surface area contributed by atoms with Crippen LogP contribution in [0.3, 0.4) is 0 Å². The summed E-state index contributed by atoms with van der Waals surface area (Å²) in [6, 6.07) is 23.1. The minimum atomic E-state index is -0.162. The van der Waals surface area contributed by atoms with Gasteiger partial charge in [-0.2, -0.15) is 0 Å². The van der Waals surface area contributed by atoms with E-state index in [9.17, 15) is 9.59 Å². The van der Waals surface area contributed by atoms with E-state index in [0.717, 1.165) is 16.7 Å². The van der Waals surface area contributed by atoms with Crippen LogP contribution in [0.4, 0.5) is 11.4 Å². The Labute approximate surface area is 159 Å². The van der Waals surface area contributed by atoms with Crippen molar-refractivity contribution in [3.8, 4) is 0 Å². The molecule has 136 valence electrons. The van der Waals surface area contributed by atoms with Crippen LogP contribution in [0, 0.1) is 6.92 Å². The van der Waals surface area contributed by atoms with Gasteiger partial charge in [0.25, 0.3) is 5.91 Å². The second-order valence-corrected chi connectivity index (χ2v) is 6.43. The van der Waals surface area contributed by atoms with Crippen LogP contribution in [0.25, 0.3) is 0 Å². The van der Waals surface area contributed by atoms with Gasteiger partial charge in [-0.25, -0.2) is 0 Å². The van der Waals surface area contributed by atoms with E-state index in [4.69, 9.17) is 0 Å². The maximum atomic E-state index is 12.9. The minimum absolute atomic E-state index is 0.144. The van der Waals surface area contributed by atoms with Gasteiger partial charge in [-0.05, 0) is 48.2 Å². The van der Waals surface area contributed by atoms with E-state index in [1.807, 2.05) is 67.6 Å². The fraction of sp³-hybridized carbons (Fsp3) is 0.130. The lowest BCUT2D eigenvalue weighted by atomic mass is 9.99. The van der Waals surface area contributed by atoms with Gasteiger partial charge < -0.3 is 10.6 Å². The summed E-state index contributed by atoms with van der Waals surface area (Å²) in [5.41, 5.74) is 4.96. The molecular formula is C23H22N2O2. The van der Waals surface area contributed by atoms with Crippen LogP contribution in [-0.4, -0.2) is 11.8 Å². The smallest absolute Gasteiger partial charge is 0.255 e. The van der Waals surface area contributed by atoms with Gasteiger partial charge in [0.15, 0.2) is 0 Å². The number of hydrogen-bond acceptors (Lipinski definition) is 2. The van der Waals surface area contributed by atoms with Gasteiger partial charge in [-0.3, -0.25) is 9.59 Å². The van der Waals surface area contributed by atoms with Crippen molar-refractivity contribution in [3.63, 3.8) is 0 Å². The van der Waals surface area contributed by atoms with E-state index in [0.29, 0.717) is 23.4 Å². The molecule has 0 aromatic heterocycles. The Hall–Kier alpha value is -3.40. The first-order valence-corrected chi connectivity index (χ1v) is 8.85. The van der Waals surface area contributed by atoms with Crippen LogP contribution in [0.15, 0.2) is 72.8 Å². The van der Waals surface area contributed by atoms with Gasteiger partial charge in [-0.1, -0.05) is 54.6 Å². The predicted octanol–water partition coefficient (Wildman–Crippen LogP) is 4.80. The van der Waals surface area contributed by atoms with Crippen LogP contribution in [0.5, 0.6) is 0 Å². The van der Waals surface area contributed by atoms with Crippen molar-refractivity contribution in [2.45, 2.75) is 20.3 Å². The fourth-order valence-electron chi connectivity index (χ4n) is 3.00. The Kier molecular flexibility index (Phi) is 5.67. The Bertz CT molecular complexity index is 965. The van der Waals surface area contributed by atoms with Crippen LogP contribution in [-0.2, 0) is 11.2 Å². The molecule has 2 N–H and O–H groups in total. The normalized spacial score (nSPS) is 10.3. The van der Waals surface area contributed by atoms with Crippen molar-refractivity contribution < 1.29 is 9.59 Å². The average Bonchev–Trinajstić information content (AvgIpc) is 2.66. The molecule has 0 bridgehead atoms. The van der Waals surface area contributed by atoms with Crippen molar-refractivity contribution in [2.75, 3.05) is 10.6 Å². The van der Waals surface area contributed by atoms with Crippen molar-refractivity contribution in [1.82, 2.24) is 0 Å². The van der Waals surface area contributed by atoms with E-state index in [1.54, 1.807) is 0 Å². The SMILES string of the molecule is CC(=O)Nc1cccc(NC(=O)c2ccccc2Cc2ccccc2)c1C. The maximum Gasteiger partial charge on any atom is 0.255 e. The summed E-state index contributed by atoms with van der Waals surface area (Å²) in [7, 11) is 0. The molecule has 0 radical (unpaired) electrons. The van der Waals surface area contributed by atoms with Crippen LogP contribution in [0.2, 0.25) is 0 Å². The number of carbonyl (C=O) groups is 2. The molecule has 4 heteroatoms. The van der Waals surface area contributed by atoms with Crippen molar-refractivity contribution >= 4 is 23.2 Å². The minimum Gasteiger partial charge on any atom is -0.326 e. The van der Waals surface area contributed by atoms with Gasteiger partial charge >= 0.3 is 0 Å². The molecule has 0 saturated carbocycles. The molecule has 2 amide bonds. The first kappa shape index (κ1) is 18.4. The molecule has 0 aliphatic rings. The molecule has 0 unspecified atom stereocenters. The molecule has 0 saturated heterocycles. The number of benzene rings is 3. The quantitative estimate of drug-likeness (QED) is 0.688. The third kappa shape index (κ3) is 4.61. The Morgan fingerprint density at radius 3 is 2.11 bits per heavy atom. The average molecular weight is 358 g/mol. The van der Waals surface area contributed by atoms with Gasteiger partial charge in [0.1, 0.15) is 0 Å². The van der Waals surface area contributed by atoms with E-state index < -0.39 is 0 Å². The molecule has 0 atom stereocenters. The van der Waals surface area contributed by atoms with E-state index >= 15 is 0 Å². The summed E-state index contributed by atoms with van der Waals surface area (Å²) >= 11 is 0. The summed E-state index contributed by atoms with van der Waals surface area (Å²) in [4.78, 5) is 24.3. The highest BCUT2D eigenvalue weighted by atomic mass is 16.2. The first-order chi connectivity index (χ1) is 13.0. The Morgan fingerprint density at radius 1 is 0.778 bits per heavy atom. The number of amides is 2. The molecule has 3 aromatic carbocycles. The van der Waals surface area contributed by atoms with E-state index in [1.165, 1.54) is 6.92 Å². The Balaban J connectivity index is 1.84. The molecule has 3 aromatic rings. The number of nitrogens with one attached hydrogen (secondary N) is 2. The van der Waals surface area contributed by atoms with E-state index in [-0.39, 0.29) is 11.8 Å². The highest BCUT2D eigenvalue weighted by Crippen LogP contribution is 2.24. The topological polar surface area (TPSA) is 58.2 Å². The summed E-state index contributed by atoms with van der Waals surface area (Å²) in [5.74, 6) is -0.306. The molecular weight excluding hydrogens is 336 g/mol. The standard InChI is InChI=1S/C23H22N2O2/c1-16-21(24-17(2)26)13-8-14-22(16)25-23(27)20-12-7-6-11-19(20)15-18-9-4-3-5-10-18/h3-14H,15H2,1-2H3,(H,24,26)(H,25,27). The number of hydrogen-bond donors (Lipinski definition) is 2. The second kappa shape index (κ2) is 8.32. The zero-order chi connectivity index (χ0) is 19.2. The van der Waals surface area contributed by atoms with Gasteiger partial charge in [0.2, 0.25) is 5.91 Å². The number of carbonyl (C=O) groups excluding carboxylic acids is 2. The molecule has 0 spiro atoms. The van der Waals surface area contributed by atoms with Gasteiger partial charge in [-0.15, -0.1) is 0 Å². The summed E-state index contributed by atoms with van der Waals surface area (Å²) in [6.07, 6.45) is 0.690. The van der Waals surface area contributed by atoms with Crippen LogP contribution >= 0.6 is 0 Å². The second-order valence-electron chi connectivity index (χ2n) is 6.43. The van der Waals surface area contributed by atoms with Gasteiger partial charge in [0, 0.05) is 23.9 Å². The largest absolute Gasteiger partial charge is 0.326 e. The first-order valence-electron chi connectivity index (χ1n) is 8.85.